The van der Waals surface area contributed by atoms with Crippen molar-refractivity contribution in [3.63, 3.8) is 0 Å². The second-order valence-corrected chi connectivity index (χ2v) is 13.2. The highest BCUT2D eigenvalue weighted by Crippen LogP contribution is 2.35. The Morgan fingerprint density at radius 2 is 1.65 bits per heavy atom. The molecule has 0 radical (unpaired) electrons. The summed E-state index contributed by atoms with van der Waals surface area (Å²) in [7, 11) is 1.56. The van der Waals surface area contributed by atoms with Gasteiger partial charge in [-0.05, 0) is 102 Å². The Morgan fingerprint density at radius 1 is 1.00 bits per heavy atom. The van der Waals surface area contributed by atoms with Crippen molar-refractivity contribution in [3.05, 3.63) is 53.6 Å². The number of aryl methyl sites for hydroxylation is 1. The molecule has 0 spiro atoms. The Kier molecular flexibility index (Phi) is 13.7. The number of para-hydroxylation sites is 1. The molecule has 2 aromatic carbocycles. The third-order valence-corrected chi connectivity index (χ3v) is 7.58. The predicted molar refractivity (Wildman–Crippen MR) is 174 cm³/mol. The van der Waals surface area contributed by atoms with E-state index in [1.807, 2.05) is 13.2 Å². The monoisotopic (exact) mass is 615 g/mol. The topological polar surface area (TPSA) is 117 Å². The molecule has 3 amide bonds. The Bertz CT molecular complexity index is 1210. The zero-order valence-corrected chi connectivity index (χ0v) is 27.8. The minimum absolute atomic E-state index is 0.0630. The molecular weight excluding hydrogens is 566 g/mol. The number of hydrogen-bond acceptors (Lipinski definition) is 7. The van der Waals surface area contributed by atoms with Gasteiger partial charge in [-0.15, -0.1) is 0 Å². The lowest BCUT2D eigenvalue weighted by Gasteiger charge is -2.39. The van der Waals surface area contributed by atoms with Gasteiger partial charge in [-0.2, -0.15) is 11.8 Å². The van der Waals surface area contributed by atoms with Crippen molar-refractivity contribution in [2.24, 2.45) is 5.92 Å². The number of aromatic hydroxyl groups is 1. The Morgan fingerprint density at radius 3 is 2.21 bits per heavy atom. The van der Waals surface area contributed by atoms with Crippen LogP contribution in [0.15, 0.2) is 42.5 Å². The zero-order chi connectivity index (χ0) is 32.3. The van der Waals surface area contributed by atoms with E-state index in [1.54, 1.807) is 89.0 Å². The Hall–Kier alpha value is -3.40. The molecule has 0 fully saturated rings. The van der Waals surface area contributed by atoms with Crippen molar-refractivity contribution in [3.8, 4) is 11.5 Å². The van der Waals surface area contributed by atoms with Crippen molar-refractivity contribution in [2.75, 3.05) is 24.4 Å². The van der Waals surface area contributed by atoms with Gasteiger partial charge in [0, 0.05) is 17.3 Å². The van der Waals surface area contributed by atoms with Crippen LogP contribution >= 0.6 is 11.8 Å². The molecule has 0 saturated carbocycles. The number of nitrogens with one attached hydrogen (secondary N) is 2. The number of alkyl carbamates (subject to hydrolysis) is 1. The van der Waals surface area contributed by atoms with Crippen LogP contribution in [0.4, 0.5) is 10.5 Å². The molecule has 9 nitrogen and oxygen atoms in total. The number of rotatable bonds is 14. The second-order valence-electron chi connectivity index (χ2n) is 12.2. The average molecular weight is 616 g/mol. The highest BCUT2D eigenvalue weighted by atomic mass is 32.2. The maximum absolute atomic E-state index is 14.6. The number of carbonyl (C=O) groups is 3. The molecule has 0 bridgehead atoms. The maximum Gasteiger partial charge on any atom is 0.408 e. The maximum atomic E-state index is 14.6. The summed E-state index contributed by atoms with van der Waals surface area (Å²) >= 11 is 1.55. The van der Waals surface area contributed by atoms with Gasteiger partial charge in [-0.3, -0.25) is 9.59 Å². The molecule has 238 valence electrons. The van der Waals surface area contributed by atoms with E-state index in [1.165, 1.54) is 4.90 Å². The summed E-state index contributed by atoms with van der Waals surface area (Å²) in [5.41, 5.74) is 0.635. The van der Waals surface area contributed by atoms with Crippen LogP contribution in [-0.2, 0) is 14.3 Å². The number of carbonyl (C=O) groups excluding carboxylic acids is 3. The van der Waals surface area contributed by atoms with Crippen LogP contribution in [0.1, 0.15) is 78.0 Å². The smallest absolute Gasteiger partial charge is 0.408 e. The minimum Gasteiger partial charge on any atom is -0.507 e. The molecule has 3 unspecified atom stereocenters. The van der Waals surface area contributed by atoms with Gasteiger partial charge in [0.15, 0.2) is 0 Å². The lowest BCUT2D eigenvalue weighted by atomic mass is 9.95. The standard InChI is InChI=1S/C33H49N3O6S/c1-21(2)13-14-23(4)36(31(39)27(19-20-43-9)35-32(40)42-33(5,6)7)28(26-12-10-11-22(3)29(26)37)30(38)34-24-15-17-25(41-8)18-16-24/h10-12,15-18,21,23,27-28,37H,13-14,19-20H2,1-9H3,(H,34,38)(H,35,40). The normalized spacial score (nSPS) is 13.5. The Balaban J connectivity index is 2.66. The first-order valence-electron chi connectivity index (χ1n) is 14.7. The van der Waals surface area contributed by atoms with Crippen LogP contribution in [0, 0.1) is 12.8 Å². The molecule has 3 atom stereocenters. The zero-order valence-electron chi connectivity index (χ0n) is 27.0. The van der Waals surface area contributed by atoms with E-state index in [-0.39, 0.29) is 5.75 Å². The van der Waals surface area contributed by atoms with E-state index in [2.05, 4.69) is 24.5 Å². The van der Waals surface area contributed by atoms with Crippen molar-refractivity contribution in [1.29, 1.82) is 0 Å². The number of phenolic OH excluding ortho intramolecular Hbond substituents is 1. The van der Waals surface area contributed by atoms with Gasteiger partial charge in [0.25, 0.3) is 5.91 Å². The van der Waals surface area contributed by atoms with Crippen LogP contribution in [0.2, 0.25) is 0 Å². The fraction of sp³-hybridized carbons (Fsp3) is 0.545. The molecule has 0 aliphatic heterocycles. The third kappa shape index (κ3) is 11.0. The van der Waals surface area contributed by atoms with Gasteiger partial charge in [0.2, 0.25) is 5.91 Å². The van der Waals surface area contributed by atoms with E-state index in [4.69, 9.17) is 9.47 Å². The molecule has 10 heteroatoms. The van der Waals surface area contributed by atoms with Gasteiger partial charge in [-0.25, -0.2) is 4.79 Å². The van der Waals surface area contributed by atoms with E-state index in [9.17, 15) is 19.5 Å². The van der Waals surface area contributed by atoms with E-state index < -0.39 is 41.6 Å². The predicted octanol–water partition coefficient (Wildman–Crippen LogP) is 6.69. The number of methoxy groups -OCH3 is 1. The van der Waals surface area contributed by atoms with Gasteiger partial charge in [0.1, 0.15) is 29.2 Å². The largest absolute Gasteiger partial charge is 0.507 e. The van der Waals surface area contributed by atoms with Crippen LogP contribution in [-0.4, -0.2) is 64.7 Å². The van der Waals surface area contributed by atoms with Crippen LogP contribution in [0.25, 0.3) is 0 Å². The number of nitrogens with zero attached hydrogens (tertiary/aromatic N) is 1. The summed E-state index contributed by atoms with van der Waals surface area (Å²) in [4.78, 5) is 43.2. The molecule has 0 aliphatic rings. The SMILES string of the molecule is COc1ccc(NC(=O)C(c2cccc(C)c2O)N(C(=O)C(CCSC)NC(=O)OC(C)(C)C)C(C)CCC(C)C)cc1. The van der Waals surface area contributed by atoms with Crippen molar-refractivity contribution in [2.45, 2.75) is 91.5 Å². The highest BCUT2D eigenvalue weighted by Gasteiger charge is 2.40. The lowest BCUT2D eigenvalue weighted by molar-refractivity contribution is -0.143. The van der Waals surface area contributed by atoms with Crippen molar-refractivity contribution in [1.82, 2.24) is 10.2 Å². The van der Waals surface area contributed by atoms with Crippen LogP contribution < -0.4 is 15.4 Å². The van der Waals surface area contributed by atoms with Crippen LogP contribution in [0.3, 0.4) is 0 Å². The van der Waals surface area contributed by atoms with Gasteiger partial charge < -0.3 is 30.1 Å². The minimum atomic E-state index is -1.19. The molecule has 0 aliphatic carbocycles. The van der Waals surface area contributed by atoms with E-state index >= 15 is 0 Å². The summed E-state index contributed by atoms with van der Waals surface area (Å²) in [6, 6.07) is 9.50. The molecule has 2 aromatic rings. The molecule has 0 aromatic heterocycles. The quantitative estimate of drug-likeness (QED) is 0.217. The molecule has 43 heavy (non-hydrogen) atoms. The number of benzene rings is 2. The molecule has 0 heterocycles. The first-order valence-corrected chi connectivity index (χ1v) is 16.1. The molecule has 2 rings (SSSR count). The number of thioether (sulfide) groups is 1. The van der Waals surface area contributed by atoms with E-state index in [0.717, 1.165) is 6.42 Å². The fourth-order valence-corrected chi connectivity index (χ4v) is 5.11. The number of amides is 3. The summed E-state index contributed by atoms with van der Waals surface area (Å²) in [6.45, 7) is 13.1. The molecule has 3 N–H and O–H groups in total. The molecular formula is C33H49N3O6S. The molecule has 0 saturated heterocycles. The number of hydrogen-bond donors (Lipinski definition) is 3. The summed E-state index contributed by atoms with van der Waals surface area (Å²) in [5.74, 6) is 0.620. The number of anilines is 1. The van der Waals surface area contributed by atoms with E-state index in [0.29, 0.717) is 47.1 Å². The number of ether oxygens (including phenoxy) is 2. The summed E-state index contributed by atoms with van der Waals surface area (Å²) in [5, 5.41) is 16.9. The first kappa shape index (κ1) is 35.8. The Labute approximate surface area is 261 Å². The fourth-order valence-electron chi connectivity index (χ4n) is 4.64. The van der Waals surface area contributed by atoms with Gasteiger partial charge in [-0.1, -0.05) is 32.0 Å². The highest BCUT2D eigenvalue weighted by molar-refractivity contribution is 7.98. The summed E-state index contributed by atoms with van der Waals surface area (Å²) in [6.07, 6.45) is 2.98. The first-order chi connectivity index (χ1) is 20.2. The second kappa shape index (κ2) is 16.4. The van der Waals surface area contributed by atoms with Crippen LogP contribution in [0.5, 0.6) is 11.5 Å². The van der Waals surface area contributed by atoms with Gasteiger partial charge in [0.05, 0.1) is 7.11 Å². The lowest BCUT2D eigenvalue weighted by Crippen LogP contribution is -2.55. The average Bonchev–Trinajstić information content (AvgIpc) is 2.93. The van der Waals surface area contributed by atoms with Crippen molar-refractivity contribution >= 4 is 35.4 Å². The number of phenols is 1. The third-order valence-electron chi connectivity index (χ3n) is 6.94. The van der Waals surface area contributed by atoms with Crippen molar-refractivity contribution < 1.29 is 29.0 Å². The van der Waals surface area contributed by atoms with Gasteiger partial charge >= 0.3 is 6.09 Å². The summed E-state index contributed by atoms with van der Waals surface area (Å²) < 4.78 is 10.7.